The third-order valence-corrected chi connectivity index (χ3v) is 5.27. The molecule has 5 rings (SSSR count). The summed E-state index contributed by atoms with van der Waals surface area (Å²) in [6.45, 7) is 0. The van der Waals surface area contributed by atoms with Crippen LogP contribution in [0.25, 0.3) is 33.5 Å². The van der Waals surface area contributed by atoms with E-state index >= 15 is 0 Å². The van der Waals surface area contributed by atoms with Crippen molar-refractivity contribution in [3.05, 3.63) is 99.3 Å². The Bertz CT molecular complexity index is 1600. The first-order chi connectivity index (χ1) is 15.8. The van der Waals surface area contributed by atoms with Gasteiger partial charge in [0.2, 0.25) is 5.82 Å². The highest BCUT2D eigenvalue weighted by Crippen LogP contribution is 2.32. The Kier molecular flexibility index (Phi) is 5.02. The lowest BCUT2D eigenvalue weighted by atomic mass is 10.1. The third-order valence-electron chi connectivity index (χ3n) is 5.03. The minimum atomic E-state index is -4.57. The third kappa shape index (κ3) is 3.89. The Balaban J connectivity index is 1.74. The quantitative estimate of drug-likeness (QED) is 0.290. The molecular formula is C24H13ClF3N3O2. The topological polar surface area (TPSA) is 60.4 Å². The molecule has 5 aromatic rings. The molecule has 0 radical (unpaired) electrons. The maximum atomic E-state index is 13.4. The van der Waals surface area contributed by atoms with Crippen LogP contribution in [0.2, 0.25) is 5.02 Å². The molecule has 164 valence electrons. The maximum absolute atomic E-state index is 13.4. The molecule has 0 saturated carbocycles. The number of hydrogen-bond donors (Lipinski definition) is 0. The van der Waals surface area contributed by atoms with E-state index in [4.69, 9.17) is 16.0 Å². The van der Waals surface area contributed by atoms with Gasteiger partial charge in [-0.25, -0.2) is 4.98 Å². The number of rotatable bonds is 3. The number of benzene rings is 3. The first-order valence-electron chi connectivity index (χ1n) is 9.73. The second-order valence-corrected chi connectivity index (χ2v) is 7.63. The molecule has 0 aliphatic carbocycles. The van der Waals surface area contributed by atoms with Crippen molar-refractivity contribution in [1.82, 2.24) is 9.66 Å². The lowest BCUT2D eigenvalue weighted by Crippen LogP contribution is -2.20. The van der Waals surface area contributed by atoms with Crippen LogP contribution in [0.15, 0.2) is 87.1 Å². The molecular weight excluding hydrogens is 455 g/mol. The first kappa shape index (κ1) is 21.0. The van der Waals surface area contributed by atoms with Gasteiger partial charge in [0, 0.05) is 16.0 Å². The molecule has 0 bridgehead atoms. The van der Waals surface area contributed by atoms with E-state index < -0.39 is 17.3 Å². The smallest absolute Gasteiger partial charge is 0.417 e. The highest BCUT2D eigenvalue weighted by Gasteiger charge is 2.32. The van der Waals surface area contributed by atoms with Gasteiger partial charge >= 0.3 is 6.18 Å². The molecule has 0 atom stereocenters. The van der Waals surface area contributed by atoms with Crippen molar-refractivity contribution in [1.29, 1.82) is 0 Å². The van der Waals surface area contributed by atoms with Crippen molar-refractivity contribution >= 4 is 39.7 Å². The van der Waals surface area contributed by atoms with E-state index in [0.29, 0.717) is 21.5 Å². The molecule has 0 aliphatic heterocycles. The summed E-state index contributed by atoms with van der Waals surface area (Å²) in [5, 5.41) is 5.54. The summed E-state index contributed by atoms with van der Waals surface area (Å²) in [4.78, 5) is 17.7. The Morgan fingerprint density at radius 3 is 2.58 bits per heavy atom. The van der Waals surface area contributed by atoms with Crippen LogP contribution in [0, 0.1) is 0 Å². The number of para-hydroxylation sites is 1. The van der Waals surface area contributed by atoms with Gasteiger partial charge in [-0.2, -0.15) is 22.9 Å². The Morgan fingerprint density at radius 1 is 1.00 bits per heavy atom. The predicted molar refractivity (Wildman–Crippen MR) is 121 cm³/mol. The molecule has 0 saturated heterocycles. The molecule has 2 heterocycles. The van der Waals surface area contributed by atoms with E-state index in [9.17, 15) is 18.0 Å². The SMILES string of the molecule is O=c1c2ccccc2nc(-c2cc3cc(Cl)ccc3o2)n1N=Cc1ccccc1C(F)(F)F. The first-order valence-corrected chi connectivity index (χ1v) is 10.1. The van der Waals surface area contributed by atoms with Gasteiger partial charge in [-0.05, 0) is 42.5 Å². The summed E-state index contributed by atoms with van der Waals surface area (Å²) in [6.07, 6.45) is -3.58. The molecule has 5 nitrogen and oxygen atoms in total. The van der Waals surface area contributed by atoms with Gasteiger partial charge in [0.25, 0.3) is 5.56 Å². The van der Waals surface area contributed by atoms with Gasteiger partial charge in [0.1, 0.15) is 5.58 Å². The van der Waals surface area contributed by atoms with Gasteiger partial charge in [-0.3, -0.25) is 4.79 Å². The molecule has 33 heavy (non-hydrogen) atoms. The lowest BCUT2D eigenvalue weighted by Gasteiger charge is -2.10. The van der Waals surface area contributed by atoms with Crippen molar-refractivity contribution < 1.29 is 17.6 Å². The summed E-state index contributed by atoms with van der Waals surface area (Å²) < 4.78 is 47.0. The fourth-order valence-electron chi connectivity index (χ4n) is 3.50. The monoisotopic (exact) mass is 467 g/mol. The van der Waals surface area contributed by atoms with Crippen LogP contribution in [-0.2, 0) is 6.18 Å². The molecule has 2 aromatic heterocycles. The average Bonchev–Trinajstić information content (AvgIpc) is 3.21. The predicted octanol–water partition coefficient (Wildman–Crippen LogP) is 6.36. The molecule has 0 unspecified atom stereocenters. The molecule has 0 N–H and O–H groups in total. The van der Waals surface area contributed by atoms with Gasteiger partial charge in [0.15, 0.2) is 5.76 Å². The van der Waals surface area contributed by atoms with E-state index in [1.165, 1.54) is 18.2 Å². The van der Waals surface area contributed by atoms with Crippen molar-refractivity contribution in [3.8, 4) is 11.6 Å². The fourth-order valence-corrected chi connectivity index (χ4v) is 3.68. The van der Waals surface area contributed by atoms with Crippen molar-refractivity contribution in [3.63, 3.8) is 0 Å². The number of hydrogen-bond acceptors (Lipinski definition) is 4. The number of halogens is 4. The zero-order valence-electron chi connectivity index (χ0n) is 16.7. The van der Waals surface area contributed by atoms with Crippen LogP contribution in [0.3, 0.4) is 0 Å². The van der Waals surface area contributed by atoms with Crippen molar-refractivity contribution in [2.24, 2.45) is 5.10 Å². The summed E-state index contributed by atoms with van der Waals surface area (Å²) >= 11 is 6.05. The largest absolute Gasteiger partial charge is 0.453 e. The standard InChI is InChI=1S/C24H13ClF3N3O2/c25-16-9-10-20-15(11-16)12-21(33-20)22-30-19-8-4-2-6-17(19)23(32)31(22)29-13-14-5-1-3-7-18(14)24(26,27)28/h1-13H. The van der Waals surface area contributed by atoms with Crippen LogP contribution in [0.1, 0.15) is 11.1 Å². The van der Waals surface area contributed by atoms with Gasteiger partial charge in [-0.1, -0.05) is 41.9 Å². The summed E-state index contributed by atoms with van der Waals surface area (Å²) in [5.74, 6) is 0.267. The number of furan rings is 1. The van der Waals surface area contributed by atoms with Crippen LogP contribution >= 0.6 is 11.6 Å². The second-order valence-electron chi connectivity index (χ2n) is 7.19. The van der Waals surface area contributed by atoms with Crippen molar-refractivity contribution in [2.75, 3.05) is 0 Å². The highest BCUT2D eigenvalue weighted by molar-refractivity contribution is 6.31. The van der Waals surface area contributed by atoms with Crippen molar-refractivity contribution in [2.45, 2.75) is 6.18 Å². The van der Waals surface area contributed by atoms with Gasteiger partial charge in [-0.15, -0.1) is 0 Å². The highest BCUT2D eigenvalue weighted by atomic mass is 35.5. The average molecular weight is 468 g/mol. The minimum absolute atomic E-state index is 0.0479. The number of alkyl halides is 3. The number of nitrogens with zero attached hydrogens (tertiary/aromatic N) is 3. The van der Waals surface area contributed by atoms with Gasteiger partial charge in [0.05, 0.1) is 22.7 Å². The van der Waals surface area contributed by atoms with Crippen LogP contribution in [-0.4, -0.2) is 15.9 Å². The van der Waals surface area contributed by atoms with Gasteiger partial charge < -0.3 is 4.42 Å². The molecule has 9 heteroatoms. The van der Waals surface area contributed by atoms with E-state index in [1.54, 1.807) is 48.5 Å². The van der Waals surface area contributed by atoms with Crippen LogP contribution < -0.4 is 5.56 Å². The summed E-state index contributed by atoms with van der Waals surface area (Å²) in [6, 6.07) is 18.3. The van der Waals surface area contributed by atoms with E-state index in [0.717, 1.165) is 17.0 Å². The molecule has 0 amide bonds. The zero-order chi connectivity index (χ0) is 23.2. The summed E-state index contributed by atoms with van der Waals surface area (Å²) in [7, 11) is 0. The van der Waals surface area contributed by atoms with E-state index in [2.05, 4.69) is 10.1 Å². The molecule has 0 fully saturated rings. The Morgan fingerprint density at radius 2 is 1.76 bits per heavy atom. The zero-order valence-corrected chi connectivity index (χ0v) is 17.4. The molecule has 0 aliphatic rings. The normalized spacial score (nSPS) is 12.2. The summed E-state index contributed by atoms with van der Waals surface area (Å²) in [5.41, 5.74) is -0.689. The Hall–Kier alpha value is -3.91. The van der Waals surface area contributed by atoms with E-state index in [-0.39, 0.29) is 22.5 Å². The van der Waals surface area contributed by atoms with Crippen LogP contribution in [0.5, 0.6) is 0 Å². The minimum Gasteiger partial charge on any atom is -0.453 e. The maximum Gasteiger partial charge on any atom is 0.417 e. The van der Waals surface area contributed by atoms with Crippen LogP contribution in [0.4, 0.5) is 13.2 Å². The molecule has 0 spiro atoms. The molecule has 3 aromatic carbocycles. The fraction of sp³-hybridized carbons (Fsp3) is 0.0417. The van der Waals surface area contributed by atoms with E-state index in [1.807, 2.05) is 0 Å². The Labute approximate surface area is 189 Å². The number of fused-ring (bicyclic) bond motifs is 2. The second kappa shape index (κ2) is 7.90. The lowest BCUT2D eigenvalue weighted by molar-refractivity contribution is -0.137. The number of aromatic nitrogens is 2.